The van der Waals surface area contributed by atoms with Crippen LogP contribution in [-0.2, 0) is 0 Å². The molecule has 0 aliphatic carbocycles. The summed E-state index contributed by atoms with van der Waals surface area (Å²) in [6.07, 6.45) is 8.99. The summed E-state index contributed by atoms with van der Waals surface area (Å²) in [4.78, 5) is 0. The summed E-state index contributed by atoms with van der Waals surface area (Å²) >= 11 is 0. The molecule has 0 atom stereocenters. The van der Waals surface area contributed by atoms with Gasteiger partial charge >= 0.3 is 0 Å². The molecule has 0 spiro atoms. The zero-order valence-electron chi connectivity index (χ0n) is 18.8. The van der Waals surface area contributed by atoms with E-state index in [9.17, 15) is 0 Å². The Kier molecular flexibility index (Phi) is 37.8. The van der Waals surface area contributed by atoms with E-state index in [-0.39, 0.29) is 5.41 Å². The molecule has 0 aromatic heterocycles. The van der Waals surface area contributed by atoms with Gasteiger partial charge in [0.15, 0.2) is 0 Å². The second-order valence-corrected chi connectivity index (χ2v) is 5.90. The van der Waals surface area contributed by atoms with Crippen LogP contribution in [0.1, 0.15) is 68.7 Å². The van der Waals surface area contributed by atoms with E-state index < -0.39 is 0 Å². The molecule has 0 aromatic carbocycles. The van der Waals surface area contributed by atoms with Crippen molar-refractivity contribution in [3.05, 3.63) is 73.9 Å². The molecule has 0 aliphatic heterocycles. The van der Waals surface area contributed by atoms with Crippen molar-refractivity contribution in [2.24, 2.45) is 11.1 Å². The summed E-state index contributed by atoms with van der Waals surface area (Å²) in [7, 11) is 0. The van der Waals surface area contributed by atoms with Crippen LogP contribution in [-0.4, -0.2) is 6.54 Å². The van der Waals surface area contributed by atoms with Crippen molar-refractivity contribution < 1.29 is 0 Å². The Labute approximate surface area is 160 Å². The van der Waals surface area contributed by atoms with E-state index in [0.29, 0.717) is 0 Å². The average molecular weight is 350 g/mol. The molecule has 0 aliphatic rings. The largest absolute Gasteiger partial charge is 0.330 e. The molecule has 0 bridgehead atoms. The second kappa shape index (κ2) is 27.3. The number of hydrogen-bond donors (Lipinski definition) is 1. The van der Waals surface area contributed by atoms with Crippen LogP contribution in [0.5, 0.6) is 0 Å². The molecule has 0 rings (SSSR count). The van der Waals surface area contributed by atoms with Crippen LogP contribution in [0.25, 0.3) is 0 Å². The van der Waals surface area contributed by atoms with Crippen LogP contribution in [0.15, 0.2) is 73.9 Å². The molecule has 1 heteroatoms. The predicted octanol–water partition coefficient (Wildman–Crippen LogP) is 8.04. The third-order valence-electron chi connectivity index (χ3n) is 2.56. The maximum absolute atomic E-state index is 5.03. The van der Waals surface area contributed by atoms with Crippen molar-refractivity contribution in [1.29, 1.82) is 0 Å². The molecule has 2 N–H and O–H groups in total. The first-order valence-corrected chi connectivity index (χ1v) is 9.06. The molecule has 25 heavy (non-hydrogen) atoms. The van der Waals surface area contributed by atoms with Gasteiger partial charge in [-0.05, 0) is 50.3 Å². The lowest BCUT2D eigenvalue weighted by atomic mass is 9.86. The monoisotopic (exact) mass is 349 g/mol. The highest BCUT2D eigenvalue weighted by Crippen LogP contribution is 2.26. The zero-order valence-corrected chi connectivity index (χ0v) is 18.8. The molecule has 0 radical (unpaired) electrons. The maximum Gasteiger partial charge on any atom is -0.00799 e. The zero-order chi connectivity index (χ0) is 21.5. The van der Waals surface area contributed by atoms with Gasteiger partial charge in [0.1, 0.15) is 0 Å². The van der Waals surface area contributed by atoms with Crippen molar-refractivity contribution in [3.8, 4) is 0 Å². The Balaban J connectivity index is -0.000000100. The van der Waals surface area contributed by atoms with Crippen LogP contribution in [0.4, 0.5) is 0 Å². The SMILES string of the molecule is C=C.C=C/C(=C\C=C(/C)C(=C)C)C(C)(C)C.C=CC.CC.CCCN. The number of allylic oxidation sites excluding steroid dienone is 7. The normalized spacial score (nSPS) is 10.0. The number of nitrogens with two attached hydrogens (primary N) is 1. The minimum absolute atomic E-state index is 0.160. The molecule has 0 saturated carbocycles. The van der Waals surface area contributed by atoms with Gasteiger partial charge in [0, 0.05) is 0 Å². The Morgan fingerprint density at radius 3 is 1.48 bits per heavy atom. The summed E-state index contributed by atoms with van der Waals surface area (Å²) in [6, 6.07) is 0. The van der Waals surface area contributed by atoms with Gasteiger partial charge in [0.2, 0.25) is 0 Å². The molecule has 1 nitrogen and oxygen atoms in total. The van der Waals surface area contributed by atoms with E-state index in [4.69, 9.17) is 5.73 Å². The van der Waals surface area contributed by atoms with Crippen molar-refractivity contribution in [2.75, 3.05) is 6.54 Å². The topological polar surface area (TPSA) is 26.0 Å². The van der Waals surface area contributed by atoms with E-state index >= 15 is 0 Å². The summed E-state index contributed by atoms with van der Waals surface area (Å²) in [6.45, 7) is 36.5. The highest BCUT2D eigenvalue weighted by Gasteiger charge is 2.12. The Morgan fingerprint density at radius 1 is 1.00 bits per heavy atom. The first kappa shape index (κ1) is 34.7. The van der Waals surface area contributed by atoms with Crippen molar-refractivity contribution in [1.82, 2.24) is 0 Å². The fourth-order valence-corrected chi connectivity index (χ4v) is 0.981. The van der Waals surface area contributed by atoms with Crippen molar-refractivity contribution >= 4 is 0 Å². The average Bonchev–Trinajstić information content (AvgIpc) is 2.58. The molecule has 0 heterocycles. The highest BCUT2D eigenvalue weighted by molar-refractivity contribution is 5.33. The van der Waals surface area contributed by atoms with Gasteiger partial charge in [0.05, 0.1) is 0 Å². The van der Waals surface area contributed by atoms with E-state index in [2.05, 4.69) is 79.7 Å². The van der Waals surface area contributed by atoms with Crippen molar-refractivity contribution in [3.63, 3.8) is 0 Å². The summed E-state index contributed by atoms with van der Waals surface area (Å²) in [5.74, 6) is 0. The van der Waals surface area contributed by atoms with Gasteiger partial charge in [0.25, 0.3) is 0 Å². The van der Waals surface area contributed by atoms with Gasteiger partial charge in [-0.15, -0.1) is 19.7 Å². The van der Waals surface area contributed by atoms with E-state index in [1.54, 1.807) is 6.08 Å². The molecular formula is C24H47N. The lowest BCUT2D eigenvalue weighted by Gasteiger charge is -2.19. The lowest BCUT2D eigenvalue weighted by Crippen LogP contribution is -2.06. The summed E-state index contributed by atoms with van der Waals surface area (Å²) in [5.41, 5.74) is 8.76. The van der Waals surface area contributed by atoms with E-state index in [1.165, 1.54) is 11.1 Å². The van der Waals surface area contributed by atoms with Crippen LogP contribution in [0, 0.1) is 5.41 Å². The standard InChI is InChI=1S/C14H22.C3H9N.C3H6.C2H6.C2H4/c1-8-13(14(5,6)7)10-9-12(4)11(2)3;1-2-3-4;1-3-2;2*1-2/h8-10H,1-2H2,3-7H3;2-4H2,1H3;3H,1H2,2H3;1-2H3;1-2H2/b12-9+,13-10+;;;;. The number of hydrogen-bond acceptors (Lipinski definition) is 1. The fraction of sp³-hybridized carbons (Fsp3) is 0.500. The molecular weight excluding hydrogens is 302 g/mol. The number of rotatable bonds is 4. The molecule has 0 fully saturated rings. The smallest absolute Gasteiger partial charge is 0.00799 e. The maximum atomic E-state index is 5.03. The Bertz CT molecular complexity index is 360. The first-order chi connectivity index (χ1) is 11.6. The molecule has 0 saturated heterocycles. The van der Waals surface area contributed by atoms with Crippen LogP contribution in [0.2, 0.25) is 0 Å². The second-order valence-electron chi connectivity index (χ2n) is 5.90. The molecule has 0 unspecified atom stereocenters. The first-order valence-electron chi connectivity index (χ1n) is 9.06. The molecule has 148 valence electrons. The highest BCUT2D eigenvalue weighted by atomic mass is 14.5. The van der Waals surface area contributed by atoms with Crippen molar-refractivity contribution in [2.45, 2.75) is 68.7 Å². The molecule has 0 aromatic rings. The van der Waals surface area contributed by atoms with Crippen LogP contribution < -0.4 is 5.73 Å². The third kappa shape index (κ3) is 34.7. The van der Waals surface area contributed by atoms with Gasteiger partial charge < -0.3 is 5.73 Å². The van der Waals surface area contributed by atoms with Crippen LogP contribution >= 0.6 is 0 Å². The van der Waals surface area contributed by atoms with Gasteiger partial charge in [-0.1, -0.05) is 84.6 Å². The van der Waals surface area contributed by atoms with E-state index in [1.807, 2.05) is 33.8 Å². The van der Waals surface area contributed by atoms with Crippen LogP contribution in [0.3, 0.4) is 0 Å². The third-order valence-corrected chi connectivity index (χ3v) is 2.56. The quantitative estimate of drug-likeness (QED) is 0.403. The predicted molar refractivity (Wildman–Crippen MR) is 124 cm³/mol. The lowest BCUT2D eigenvalue weighted by molar-refractivity contribution is 0.517. The van der Waals surface area contributed by atoms with Gasteiger partial charge in [-0.25, -0.2) is 0 Å². The minimum atomic E-state index is 0.160. The fourth-order valence-electron chi connectivity index (χ4n) is 0.981. The molecule has 0 amide bonds. The summed E-state index contributed by atoms with van der Waals surface area (Å²) in [5, 5.41) is 0. The van der Waals surface area contributed by atoms with E-state index in [0.717, 1.165) is 18.5 Å². The minimum Gasteiger partial charge on any atom is -0.330 e. The Hall–Kier alpha value is -1.60. The van der Waals surface area contributed by atoms with Gasteiger partial charge in [-0.2, -0.15) is 0 Å². The Morgan fingerprint density at radius 2 is 1.32 bits per heavy atom. The summed E-state index contributed by atoms with van der Waals surface area (Å²) < 4.78 is 0. The van der Waals surface area contributed by atoms with Gasteiger partial charge in [-0.3, -0.25) is 0 Å².